The molecule has 0 fully saturated rings. The second-order valence-corrected chi connectivity index (χ2v) is 5.83. The van der Waals surface area contributed by atoms with Crippen LogP contribution in [0, 0.1) is 0 Å². The molecule has 2 amide bonds. The number of carbonyl (C=O) groups is 2. The standard InChI is InChI=1S/C18H17ClN4O3/c1-26-11-9-20-18(25)16-22-15(14-8-4-5-10-23(14)16)17(24)21-13-7-3-2-6-12(13)19/h2-8,10H,9,11H2,1H3,(H,20,25)(H,21,24). The average Bonchev–Trinajstić information content (AvgIpc) is 3.04. The molecule has 3 aromatic rings. The van der Waals surface area contributed by atoms with E-state index in [4.69, 9.17) is 16.3 Å². The van der Waals surface area contributed by atoms with Crippen molar-refractivity contribution in [1.29, 1.82) is 0 Å². The lowest BCUT2D eigenvalue weighted by Crippen LogP contribution is -2.28. The second-order valence-electron chi connectivity index (χ2n) is 5.42. The summed E-state index contributed by atoms with van der Waals surface area (Å²) in [5, 5.41) is 5.85. The minimum Gasteiger partial charge on any atom is -0.383 e. The van der Waals surface area contributed by atoms with Crippen molar-refractivity contribution in [2.75, 3.05) is 25.6 Å². The van der Waals surface area contributed by atoms with Crippen molar-refractivity contribution in [3.8, 4) is 0 Å². The normalized spacial score (nSPS) is 10.7. The molecule has 0 saturated heterocycles. The van der Waals surface area contributed by atoms with Crippen LogP contribution in [-0.2, 0) is 4.74 Å². The fourth-order valence-corrected chi connectivity index (χ4v) is 2.64. The highest BCUT2D eigenvalue weighted by Crippen LogP contribution is 2.22. The van der Waals surface area contributed by atoms with Crippen LogP contribution < -0.4 is 10.6 Å². The van der Waals surface area contributed by atoms with Gasteiger partial charge < -0.3 is 15.4 Å². The fraction of sp³-hybridized carbons (Fsp3) is 0.167. The van der Waals surface area contributed by atoms with Gasteiger partial charge in [-0.25, -0.2) is 4.98 Å². The highest BCUT2D eigenvalue weighted by molar-refractivity contribution is 6.34. The summed E-state index contributed by atoms with van der Waals surface area (Å²) in [4.78, 5) is 29.3. The van der Waals surface area contributed by atoms with E-state index in [1.165, 1.54) is 0 Å². The third-order valence-corrected chi connectivity index (χ3v) is 4.01. The van der Waals surface area contributed by atoms with E-state index in [2.05, 4.69) is 15.6 Å². The molecule has 26 heavy (non-hydrogen) atoms. The predicted octanol–water partition coefficient (Wildman–Crippen LogP) is 2.62. The van der Waals surface area contributed by atoms with E-state index >= 15 is 0 Å². The summed E-state index contributed by atoms with van der Waals surface area (Å²) in [6.07, 6.45) is 1.68. The first-order valence-corrected chi connectivity index (χ1v) is 8.29. The summed E-state index contributed by atoms with van der Waals surface area (Å²) in [7, 11) is 1.55. The van der Waals surface area contributed by atoms with Crippen molar-refractivity contribution in [3.63, 3.8) is 0 Å². The van der Waals surface area contributed by atoms with E-state index in [0.717, 1.165) is 0 Å². The minimum absolute atomic E-state index is 0.126. The molecule has 0 saturated carbocycles. The number of amides is 2. The number of anilines is 1. The van der Waals surface area contributed by atoms with Gasteiger partial charge in [0.2, 0.25) is 5.82 Å². The van der Waals surface area contributed by atoms with Crippen LogP contribution in [0.3, 0.4) is 0 Å². The van der Waals surface area contributed by atoms with Gasteiger partial charge in [0, 0.05) is 19.9 Å². The van der Waals surface area contributed by atoms with E-state index in [1.54, 1.807) is 60.2 Å². The highest BCUT2D eigenvalue weighted by atomic mass is 35.5. The van der Waals surface area contributed by atoms with Gasteiger partial charge in [-0.05, 0) is 24.3 Å². The molecule has 2 heterocycles. The Labute approximate surface area is 154 Å². The number of hydrogen-bond acceptors (Lipinski definition) is 4. The first kappa shape index (κ1) is 17.9. The molecular formula is C18H17ClN4O3. The lowest BCUT2D eigenvalue weighted by molar-refractivity contribution is 0.0926. The number of fused-ring (bicyclic) bond motifs is 1. The van der Waals surface area contributed by atoms with Crippen LogP contribution in [0.1, 0.15) is 21.1 Å². The number of hydrogen-bond donors (Lipinski definition) is 2. The highest BCUT2D eigenvalue weighted by Gasteiger charge is 2.21. The molecule has 0 spiro atoms. The van der Waals surface area contributed by atoms with Gasteiger partial charge in [-0.1, -0.05) is 29.8 Å². The molecule has 0 aliphatic carbocycles. The number of benzene rings is 1. The summed E-state index contributed by atoms with van der Waals surface area (Å²) < 4.78 is 6.49. The van der Waals surface area contributed by atoms with Crippen molar-refractivity contribution >= 4 is 34.6 Å². The third kappa shape index (κ3) is 3.68. The number of halogens is 1. The molecule has 3 rings (SSSR count). The van der Waals surface area contributed by atoms with Gasteiger partial charge in [-0.15, -0.1) is 0 Å². The molecule has 134 valence electrons. The molecular weight excluding hydrogens is 356 g/mol. The van der Waals surface area contributed by atoms with Crippen LogP contribution in [0.25, 0.3) is 5.52 Å². The molecule has 2 N–H and O–H groups in total. The number of aromatic nitrogens is 2. The quantitative estimate of drug-likeness (QED) is 0.651. The topological polar surface area (TPSA) is 84.7 Å². The molecule has 0 bridgehead atoms. The Bertz CT molecular complexity index is 955. The first-order chi connectivity index (χ1) is 12.6. The van der Waals surface area contributed by atoms with Gasteiger partial charge in [-0.2, -0.15) is 0 Å². The van der Waals surface area contributed by atoms with Crippen LogP contribution >= 0.6 is 11.6 Å². The Hall–Kier alpha value is -2.90. The monoisotopic (exact) mass is 372 g/mol. The zero-order valence-corrected chi connectivity index (χ0v) is 14.8. The Morgan fingerprint density at radius 3 is 2.69 bits per heavy atom. The van der Waals surface area contributed by atoms with Crippen LogP contribution in [0.15, 0.2) is 48.7 Å². The number of carbonyl (C=O) groups excluding carboxylic acids is 2. The van der Waals surface area contributed by atoms with E-state index in [1.807, 2.05) is 0 Å². The second kappa shape index (κ2) is 7.99. The lowest BCUT2D eigenvalue weighted by atomic mass is 10.3. The lowest BCUT2D eigenvalue weighted by Gasteiger charge is -2.05. The van der Waals surface area contributed by atoms with Crippen LogP contribution in [0.2, 0.25) is 5.02 Å². The summed E-state index contributed by atoms with van der Waals surface area (Å²) in [5.74, 6) is -0.709. The zero-order valence-electron chi connectivity index (χ0n) is 14.0. The maximum atomic E-state index is 12.7. The zero-order chi connectivity index (χ0) is 18.5. The van der Waals surface area contributed by atoms with Crippen molar-refractivity contribution in [2.24, 2.45) is 0 Å². The number of nitrogens with zero attached hydrogens (tertiary/aromatic N) is 2. The van der Waals surface area contributed by atoms with Crippen LogP contribution in [0.5, 0.6) is 0 Å². The maximum absolute atomic E-state index is 12.7. The molecule has 0 aliphatic heterocycles. The largest absolute Gasteiger partial charge is 0.383 e. The van der Waals surface area contributed by atoms with Crippen LogP contribution in [0.4, 0.5) is 5.69 Å². The van der Waals surface area contributed by atoms with Gasteiger partial charge in [0.25, 0.3) is 11.8 Å². The third-order valence-electron chi connectivity index (χ3n) is 3.68. The van der Waals surface area contributed by atoms with Gasteiger partial charge in [0.15, 0.2) is 5.69 Å². The minimum atomic E-state index is -0.447. The van der Waals surface area contributed by atoms with Crippen LogP contribution in [-0.4, -0.2) is 41.5 Å². The Kier molecular flexibility index (Phi) is 5.50. The molecule has 0 radical (unpaired) electrons. The summed E-state index contributed by atoms with van der Waals surface area (Å²) >= 11 is 6.08. The Balaban J connectivity index is 1.92. The average molecular weight is 373 g/mol. The number of ether oxygens (including phenoxy) is 1. The summed E-state index contributed by atoms with van der Waals surface area (Å²) in [6, 6.07) is 12.2. The number of para-hydroxylation sites is 1. The predicted molar refractivity (Wildman–Crippen MR) is 98.8 cm³/mol. The van der Waals surface area contributed by atoms with E-state index in [9.17, 15) is 9.59 Å². The molecule has 7 nitrogen and oxygen atoms in total. The number of imidazole rings is 1. The molecule has 8 heteroatoms. The van der Waals surface area contributed by atoms with Gasteiger partial charge in [0.05, 0.1) is 22.8 Å². The summed E-state index contributed by atoms with van der Waals surface area (Å²) in [6.45, 7) is 0.729. The van der Waals surface area contributed by atoms with Crippen molar-refractivity contribution < 1.29 is 14.3 Å². The van der Waals surface area contributed by atoms with E-state index < -0.39 is 5.91 Å². The van der Waals surface area contributed by atoms with Gasteiger partial charge in [0.1, 0.15) is 0 Å². The molecule has 2 aromatic heterocycles. The maximum Gasteiger partial charge on any atom is 0.287 e. The van der Waals surface area contributed by atoms with Gasteiger partial charge in [-0.3, -0.25) is 14.0 Å². The Morgan fingerprint density at radius 1 is 1.15 bits per heavy atom. The Morgan fingerprint density at radius 2 is 1.92 bits per heavy atom. The van der Waals surface area contributed by atoms with Crippen molar-refractivity contribution in [3.05, 3.63) is 65.2 Å². The fourth-order valence-electron chi connectivity index (χ4n) is 2.45. The SMILES string of the molecule is COCCNC(=O)c1nc(C(=O)Nc2ccccc2Cl)c2ccccn12. The van der Waals surface area contributed by atoms with Crippen molar-refractivity contribution in [2.45, 2.75) is 0 Å². The first-order valence-electron chi connectivity index (χ1n) is 7.92. The smallest absolute Gasteiger partial charge is 0.287 e. The molecule has 0 unspecified atom stereocenters. The summed E-state index contributed by atoms with van der Waals surface area (Å²) in [5.41, 5.74) is 1.14. The number of methoxy groups -OCH3 is 1. The van der Waals surface area contributed by atoms with E-state index in [-0.39, 0.29) is 17.4 Å². The van der Waals surface area contributed by atoms with E-state index in [0.29, 0.717) is 29.4 Å². The number of nitrogens with one attached hydrogen (secondary N) is 2. The number of pyridine rings is 1. The molecule has 0 atom stereocenters. The molecule has 1 aromatic carbocycles. The van der Waals surface area contributed by atoms with Gasteiger partial charge >= 0.3 is 0 Å². The number of rotatable bonds is 6. The van der Waals surface area contributed by atoms with Crippen molar-refractivity contribution in [1.82, 2.24) is 14.7 Å². The molecule has 0 aliphatic rings.